The van der Waals surface area contributed by atoms with Crippen molar-refractivity contribution in [3.63, 3.8) is 0 Å². The number of halogens is 2. The van der Waals surface area contributed by atoms with Crippen LogP contribution >= 0.6 is 34.5 Å². The van der Waals surface area contributed by atoms with Gasteiger partial charge in [0, 0.05) is 35.5 Å². The quantitative estimate of drug-likeness (QED) is 0.207. The second kappa shape index (κ2) is 9.87. The van der Waals surface area contributed by atoms with E-state index in [0.29, 0.717) is 51.5 Å². The average molecular weight is 613 g/mol. The minimum atomic E-state index is -0.958. The fraction of sp³-hybridized carbons (Fsp3) is 0.433. The Morgan fingerprint density at radius 2 is 1.95 bits per heavy atom. The van der Waals surface area contributed by atoms with Gasteiger partial charge in [-0.3, -0.25) is 0 Å². The molecule has 8 nitrogen and oxygen atoms in total. The third-order valence-electron chi connectivity index (χ3n) is 8.64. The minimum absolute atomic E-state index is 0.120. The van der Waals surface area contributed by atoms with Crippen LogP contribution in [0.25, 0.3) is 21.5 Å². The zero-order valence-corrected chi connectivity index (χ0v) is 24.3. The van der Waals surface area contributed by atoms with Gasteiger partial charge in [0.05, 0.1) is 39.1 Å². The molecule has 4 aromatic rings. The normalized spacial score (nSPS) is 23.6. The second-order valence-electron chi connectivity index (χ2n) is 11.6. The topological polar surface area (TPSA) is 97.9 Å². The number of ether oxygens (including phenoxy) is 2. The lowest BCUT2D eigenvalue weighted by molar-refractivity contribution is 0.0122. The van der Waals surface area contributed by atoms with Crippen molar-refractivity contribution in [2.24, 2.45) is 5.92 Å². The zero-order valence-electron chi connectivity index (χ0n) is 22.0. The lowest BCUT2D eigenvalue weighted by Gasteiger charge is -2.31. The number of fused-ring (bicyclic) bond motifs is 3. The van der Waals surface area contributed by atoms with Crippen LogP contribution in [0.5, 0.6) is 5.75 Å². The number of rotatable bonds is 9. The molecule has 0 unspecified atom stereocenters. The highest BCUT2D eigenvalue weighted by molar-refractivity contribution is 7.22. The lowest BCUT2D eigenvalue weighted by atomic mass is 10.0. The smallest absolute Gasteiger partial charge is 0.335 e. The van der Waals surface area contributed by atoms with Gasteiger partial charge < -0.3 is 24.0 Å². The highest BCUT2D eigenvalue weighted by atomic mass is 35.5. The van der Waals surface area contributed by atoms with Gasteiger partial charge in [0.1, 0.15) is 22.7 Å². The number of carbonyl (C=O) groups is 1. The van der Waals surface area contributed by atoms with Crippen LogP contribution in [0.15, 0.2) is 34.9 Å². The van der Waals surface area contributed by atoms with Crippen LogP contribution in [-0.2, 0) is 11.3 Å². The van der Waals surface area contributed by atoms with Gasteiger partial charge in [-0.05, 0) is 62.8 Å². The van der Waals surface area contributed by atoms with Gasteiger partial charge in [0.2, 0.25) is 0 Å². The molecule has 4 fully saturated rings. The molecule has 1 N–H and O–H groups in total. The zero-order chi connectivity index (χ0) is 27.8. The van der Waals surface area contributed by atoms with E-state index in [9.17, 15) is 9.90 Å². The minimum Gasteiger partial charge on any atom is -0.488 e. The number of carboxylic acids is 1. The van der Waals surface area contributed by atoms with Crippen LogP contribution in [0.1, 0.15) is 66.1 Å². The summed E-state index contributed by atoms with van der Waals surface area (Å²) in [5, 5.41) is 16.0. The van der Waals surface area contributed by atoms with E-state index in [1.54, 1.807) is 12.1 Å². The molecule has 3 saturated carbocycles. The van der Waals surface area contributed by atoms with E-state index < -0.39 is 5.97 Å². The Morgan fingerprint density at radius 1 is 1.15 bits per heavy atom. The van der Waals surface area contributed by atoms with Crippen molar-refractivity contribution in [2.45, 2.75) is 69.3 Å². The monoisotopic (exact) mass is 611 g/mol. The van der Waals surface area contributed by atoms with Crippen molar-refractivity contribution in [3.8, 4) is 17.0 Å². The summed E-state index contributed by atoms with van der Waals surface area (Å²) in [5.41, 5.74) is 3.30. The van der Waals surface area contributed by atoms with E-state index in [1.165, 1.54) is 11.3 Å². The summed E-state index contributed by atoms with van der Waals surface area (Å²) < 4.78 is 19.3. The molecule has 2 aromatic heterocycles. The SMILES string of the molecule is O=C(O)c1cc(OC2CC2)c2nc(N3C[C@@H]4C[C@H]3C[C@H]4OCc3c(-c4c(Cl)cccc4Cl)noc3C3CC3)sc2c1. The Morgan fingerprint density at radius 3 is 2.63 bits per heavy atom. The first kappa shape index (κ1) is 25.8. The van der Waals surface area contributed by atoms with E-state index >= 15 is 0 Å². The molecule has 1 aliphatic heterocycles. The third-order valence-corrected chi connectivity index (χ3v) is 10.3. The van der Waals surface area contributed by atoms with Crippen molar-refractivity contribution in [1.29, 1.82) is 0 Å². The van der Waals surface area contributed by atoms with Crippen LogP contribution in [0.4, 0.5) is 5.13 Å². The Kier molecular flexibility index (Phi) is 6.21. The number of thiazole rings is 1. The predicted molar refractivity (Wildman–Crippen MR) is 157 cm³/mol. The molecule has 3 atom stereocenters. The molecule has 2 aromatic carbocycles. The van der Waals surface area contributed by atoms with Gasteiger partial charge in [-0.1, -0.05) is 45.8 Å². The molecule has 212 valence electrons. The van der Waals surface area contributed by atoms with Crippen LogP contribution in [-0.4, -0.2) is 46.0 Å². The largest absolute Gasteiger partial charge is 0.488 e. The van der Waals surface area contributed by atoms with E-state index in [1.807, 2.05) is 18.2 Å². The number of piperidine rings is 1. The Balaban J connectivity index is 1.01. The molecule has 11 heteroatoms. The number of aromatic carboxylic acids is 1. The predicted octanol–water partition coefficient (Wildman–Crippen LogP) is 7.56. The van der Waals surface area contributed by atoms with Crippen molar-refractivity contribution < 1.29 is 23.9 Å². The summed E-state index contributed by atoms with van der Waals surface area (Å²) in [4.78, 5) is 19.0. The first-order valence-corrected chi connectivity index (χ1v) is 15.7. The summed E-state index contributed by atoms with van der Waals surface area (Å²) in [6.07, 6.45) is 6.39. The molecular formula is C30H27Cl2N3O5S. The summed E-state index contributed by atoms with van der Waals surface area (Å²) in [6.45, 7) is 1.25. The van der Waals surface area contributed by atoms with Crippen molar-refractivity contribution in [2.75, 3.05) is 11.4 Å². The fourth-order valence-electron chi connectivity index (χ4n) is 6.27. The molecule has 1 saturated heterocycles. The number of aromatic nitrogens is 2. The summed E-state index contributed by atoms with van der Waals surface area (Å²) >= 11 is 14.6. The third kappa shape index (κ3) is 4.67. The highest BCUT2D eigenvalue weighted by Crippen LogP contribution is 2.48. The van der Waals surface area contributed by atoms with Gasteiger partial charge in [-0.15, -0.1) is 0 Å². The van der Waals surface area contributed by atoms with E-state index in [-0.39, 0.29) is 17.8 Å². The lowest BCUT2D eigenvalue weighted by Crippen LogP contribution is -2.38. The molecule has 8 rings (SSSR count). The first-order valence-electron chi connectivity index (χ1n) is 14.1. The van der Waals surface area contributed by atoms with Gasteiger partial charge >= 0.3 is 5.97 Å². The molecule has 3 aliphatic carbocycles. The number of benzene rings is 2. The summed E-state index contributed by atoms with van der Waals surface area (Å²) in [6, 6.07) is 9.09. The van der Waals surface area contributed by atoms with Crippen LogP contribution < -0.4 is 9.64 Å². The van der Waals surface area contributed by atoms with Gasteiger partial charge in [-0.2, -0.15) is 0 Å². The van der Waals surface area contributed by atoms with Gasteiger partial charge in [0.25, 0.3) is 0 Å². The van der Waals surface area contributed by atoms with Crippen LogP contribution in [0, 0.1) is 5.92 Å². The van der Waals surface area contributed by atoms with E-state index in [4.69, 9.17) is 42.2 Å². The van der Waals surface area contributed by atoms with Gasteiger partial charge in [0.15, 0.2) is 5.13 Å². The maximum atomic E-state index is 11.7. The average Bonchev–Trinajstić information content (AvgIpc) is 3.77. The summed E-state index contributed by atoms with van der Waals surface area (Å²) in [5.74, 6) is 1.26. The first-order chi connectivity index (χ1) is 19.9. The molecule has 0 amide bonds. The summed E-state index contributed by atoms with van der Waals surface area (Å²) in [7, 11) is 0. The van der Waals surface area contributed by atoms with E-state index in [0.717, 1.165) is 71.7 Å². The Labute approximate surface area is 250 Å². The van der Waals surface area contributed by atoms with Gasteiger partial charge in [-0.25, -0.2) is 9.78 Å². The number of anilines is 1. The Hall–Kier alpha value is -2.85. The molecule has 0 radical (unpaired) electrons. The molecular weight excluding hydrogens is 585 g/mol. The number of nitrogens with zero attached hydrogens (tertiary/aromatic N) is 3. The van der Waals surface area contributed by atoms with Crippen molar-refractivity contribution in [3.05, 3.63) is 57.3 Å². The van der Waals surface area contributed by atoms with E-state index in [2.05, 4.69) is 10.1 Å². The number of carboxylic acid groups (broad SMARTS) is 1. The molecule has 4 aliphatic rings. The Bertz CT molecular complexity index is 1660. The maximum absolute atomic E-state index is 11.7. The fourth-order valence-corrected chi connectivity index (χ4v) is 7.95. The van der Waals surface area contributed by atoms with Crippen LogP contribution in [0.2, 0.25) is 10.0 Å². The molecule has 3 heterocycles. The number of hydrogen-bond acceptors (Lipinski definition) is 8. The van der Waals surface area contributed by atoms with Crippen molar-refractivity contribution >= 4 is 55.9 Å². The molecule has 0 spiro atoms. The number of hydrogen-bond donors (Lipinski definition) is 1. The second-order valence-corrected chi connectivity index (χ2v) is 13.4. The highest BCUT2D eigenvalue weighted by Gasteiger charge is 2.47. The standard InChI is InChI=1S/C30H27Cl2N3O5S/c31-20-2-1-3-21(32)25(20)26-19(28(40-34-26)14-4-5-14)13-38-22-11-17-8-16(22)12-35(17)30-33-27-23(39-18-6-7-18)9-15(29(36)37)10-24(27)41-30/h1-3,9-10,14,16-18,22H,4-8,11-13H2,(H,36,37)/t16-,17-,22+/m0/s1. The molecule has 41 heavy (non-hydrogen) atoms. The van der Waals surface area contributed by atoms with Crippen LogP contribution in [0.3, 0.4) is 0 Å². The molecule has 2 bridgehead atoms. The maximum Gasteiger partial charge on any atom is 0.335 e. The van der Waals surface area contributed by atoms with Crippen molar-refractivity contribution in [1.82, 2.24) is 10.1 Å².